The molecule has 7 heteroatoms. The van der Waals surface area contributed by atoms with Crippen molar-refractivity contribution in [3.05, 3.63) is 48.0 Å². The quantitative estimate of drug-likeness (QED) is 0.810. The van der Waals surface area contributed by atoms with Gasteiger partial charge in [-0.15, -0.1) is 0 Å². The van der Waals surface area contributed by atoms with Crippen LogP contribution < -0.4 is 10.1 Å². The Labute approximate surface area is 118 Å². The summed E-state index contributed by atoms with van der Waals surface area (Å²) in [5.74, 6) is -1.47. The number of phenolic OH excluding ortho intramolecular Hbond substituents is 2. The number of amides is 1. The third kappa shape index (κ3) is 3.82. The predicted octanol–water partition coefficient (Wildman–Crippen LogP) is 2.95. The molecule has 0 unspecified atom stereocenters. The van der Waals surface area contributed by atoms with Gasteiger partial charge < -0.3 is 20.3 Å². The maximum atomic E-state index is 12.3. The molecule has 2 aromatic rings. The van der Waals surface area contributed by atoms with Crippen molar-refractivity contribution in [1.29, 1.82) is 0 Å². The van der Waals surface area contributed by atoms with Gasteiger partial charge in [-0.25, -0.2) is 0 Å². The summed E-state index contributed by atoms with van der Waals surface area (Å²) >= 11 is 0. The Morgan fingerprint density at radius 3 is 2.33 bits per heavy atom. The number of hydrogen-bond donors (Lipinski definition) is 3. The van der Waals surface area contributed by atoms with Crippen LogP contribution in [0.15, 0.2) is 42.5 Å². The number of nitrogens with one attached hydrogen (secondary N) is 1. The monoisotopic (exact) mass is 295 g/mol. The first-order valence-corrected chi connectivity index (χ1v) is 5.84. The number of para-hydroxylation sites is 2. The molecule has 5 nitrogen and oxygen atoms in total. The average molecular weight is 295 g/mol. The van der Waals surface area contributed by atoms with E-state index in [1.165, 1.54) is 24.3 Å². The van der Waals surface area contributed by atoms with Crippen LogP contribution in [0.25, 0.3) is 0 Å². The lowest BCUT2D eigenvalue weighted by Gasteiger charge is -2.11. The molecule has 2 rings (SSSR count). The largest absolute Gasteiger partial charge is 0.508 e. The number of carbonyl (C=O) groups excluding carboxylic acids is 1. The number of ether oxygens (including phenoxy) is 1. The molecule has 0 atom stereocenters. The summed E-state index contributed by atoms with van der Waals surface area (Å²) < 4.78 is 28.8. The first kappa shape index (κ1) is 14.6. The topological polar surface area (TPSA) is 78.8 Å². The number of halogens is 2. The van der Waals surface area contributed by atoms with Crippen molar-refractivity contribution < 1.29 is 28.5 Å². The number of hydrogen-bond acceptors (Lipinski definition) is 4. The molecular formula is C14H11F2NO4. The minimum atomic E-state index is -3.02. The molecule has 0 heterocycles. The number of alkyl halides is 2. The zero-order valence-electron chi connectivity index (χ0n) is 10.6. The summed E-state index contributed by atoms with van der Waals surface area (Å²) in [6.07, 6.45) is 0. The van der Waals surface area contributed by atoms with Crippen molar-refractivity contribution in [1.82, 2.24) is 0 Å². The predicted molar refractivity (Wildman–Crippen MR) is 70.8 cm³/mol. The van der Waals surface area contributed by atoms with Gasteiger partial charge in [0.15, 0.2) is 0 Å². The number of benzene rings is 2. The summed E-state index contributed by atoms with van der Waals surface area (Å²) in [4.78, 5) is 12.0. The molecule has 0 aliphatic carbocycles. The maximum Gasteiger partial charge on any atom is 0.387 e. The fourth-order valence-electron chi connectivity index (χ4n) is 1.69. The number of aromatic hydroxyl groups is 2. The molecule has 3 N–H and O–H groups in total. The number of phenols is 2. The van der Waals surface area contributed by atoms with E-state index in [1.807, 2.05) is 0 Å². The minimum absolute atomic E-state index is 0.0284. The number of carbonyl (C=O) groups is 1. The van der Waals surface area contributed by atoms with Gasteiger partial charge in [0.05, 0.1) is 5.69 Å². The Balaban J connectivity index is 2.23. The lowest BCUT2D eigenvalue weighted by atomic mass is 10.2. The standard InChI is InChI=1S/C14H11F2NO4/c15-14(16)21-12-4-2-1-3-11(12)17-13(20)8-5-9(18)7-10(19)6-8/h1-7,14,18-19H,(H,17,20). The van der Waals surface area contributed by atoms with Crippen molar-refractivity contribution in [2.75, 3.05) is 5.32 Å². The molecule has 0 saturated carbocycles. The Bertz CT molecular complexity index is 641. The second kappa shape index (κ2) is 6.08. The molecule has 0 radical (unpaired) electrons. The second-order valence-electron chi connectivity index (χ2n) is 4.07. The van der Waals surface area contributed by atoms with Crippen LogP contribution in [-0.2, 0) is 0 Å². The number of anilines is 1. The van der Waals surface area contributed by atoms with Crippen molar-refractivity contribution in [2.45, 2.75) is 6.61 Å². The summed E-state index contributed by atoms with van der Waals surface area (Å²) in [7, 11) is 0. The van der Waals surface area contributed by atoms with Gasteiger partial charge in [-0.3, -0.25) is 4.79 Å². The summed E-state index contributed by atoms with van der Waals surface area (Å²) in [6.45, 7) is -3.02. The van der Waals surface area contributed by atoms with Crippen molar-refractivity contribution >= 4 is 11.6 Å². The average Bonchev–Trinajstić information content (AvgIpc) is 2.39. The van der Waals surface area contributed by atoms with Crippen LogP contribution in [-0.4, -0.2) is 22.7 Å². The Morgan fingerprint density at radius 1 is 1.10 bits per heavy atom. The maximum absolute atomic E-state index is 12.3. The highest BCUT2D eigenvalue weighted by Crippen LogP contribution is 2.27. The van der Waals surface area contributed by atoms with E-state index in [0.717, 1.165) is 18.2 Å². The Hall–Kier alpha value is -2.83. The van der Waals surface area contributed by atoms with Crippen molar-refractivity contribution in [3.8, 4) is 17.2 Å². The molecule has 1 amide bonds. The molecule has 2 aromatic carbocycles. The van der Waals surface area contributed by atoms with E-state index >= 15 is 0 Å². The molecular weight excluding hydrogens is 284 g/mol. The van der Waals surface area contributed by atoms with Crippen LogP contribution >= 0.6 is 0 Å². The van der Waals surface area contributed by atoms with Crippen LogP contribution in [0.4, 0.5) is 14.5 Å². The smallest absolute Gasteiger partial charge is 0.387 e. The molecule has 0 saturated heterocycles. The summed E-state index contributed by atoms with van der Waals surface area (Å²) in [5, 5.41) is 21.0. The van der Waals surface area contributed by atoms with E-state index in [9.17, 15) is 23.8 Å². The van der Waals surface area contributed by atoms with Gasteiger partial charge in [0, 0.05) is 11.6 Å². The highest BCUT2D eigenvalue weighted by Gasteiger charge is 2.13. The molecule has 0 aliphatic heterocycles. The van der Waals surface area contributed by atoms with Crippen molar-refractivity contribution in [3.63, 3.8) is 0 Å². The SMILES string of the molecule is O=C(Nc1ccccc1OC(F)F)c1cc(O)cc(O)c1. The minimum Gasteiger partial charge on any atom is -0.508 e. The van der Waals surface area contributed by atoms with Gasteiger partial charge in [0.1, 0.15) is 17.2 Å². The zero-order chi connectivity index (χ0) is 15.4. The molecule has 0 fully saturated rings. The third-order valence-corrected chi connectivity index (χ3v) is 2.52. The van der Waals surface area contributed by atoms with Gasteiger partial charge in [0.25, 0.3) is 5.91 Å². The first-order valence-electron chi connectivity index (χ1n) is 5.84. The molecule has 0 aromatic heterocycles. The fourth-order valence-corrected chi connectivity index (χ4v) is 1.69. The molecule has 110 valence electrons. The Morgan fingerprint density at radius 2 is 1.71 bits per heavy atom. The van der Waals surface area contributed by atoms with Crippen LogP contribution in [0.5, 0.6) is 17.2 Å². The van der Waals surface area contributed by atoms with Gasteiger partial charge in [0.2, 0.25) is 0 Å². The third-order valence-electron chi connectivity index (χ3n) is 2.52. The normalized spacial score (nSPS) is 10.4. The Kier molecular flexibility index (Phi) is 4.22. The van der Waals surface area contributed by atoms with Gasteiger partial charge in [-0.1, -0.05) is 12.1 Å². The zero-order valence-corrected chi connectivity index (χ0v) is 10.6. The van der Waals surface area contributed by atoms with Crippen LogP contribution in [0.1, 0.15) is 10.4 Å². The highest BCUT2D eigenvalue weighted by atomic mass is 19.3. The van der Waals surface area contributed by atoms with E-state index < -0.39 is 12.5 Å². The summed E-state index contributed by atoms with van der Waals surface area (Å²) in [6, 6.07) is 9.00. The van der Waals surface area contributed by atoms with E-state index in [2.05, 4.69) is 10.1 Å². The van der Waals surface area contributed by atoms with E-state index in [-0.39, 0.29) is 28.5 Å². The lowest BCUT2D eigenvalue weighted by molar-refractivity contribution is -0.0493. The van der Waals surface area contributed by atoms with E-state index in [0.29, 0.717) is 0 Å². The molecule has 21 heavy (non-hydrogen) atoms. The van der Waals surface area contributed by atoms with Gasteiger partial charge in [-0.05, 0) is 24.3 Å². The van der Waals surface area contributed by atoms with Crippen LogP contribution in [0.2, 0.25) is 0 Å². The first-order chi connectivity index (χ1) is 9.95. The van der Waals surface area contributed by atoms with Gasteiger partial charge in [-0.2, -0.15) is 8.78 Å². The fraction of sp³-hybridized carbons (Fsp3) is 0.0714. The van der Waals surface area contributed by atoms with E-state index in [4.69, 9.17) is 0 Å². The van der Waals surface area contributed by atoms with E-state index in [1.54, 1.807) is 0 Å². The van der Waals surface area contributed by atoms with Crippen molar-refractivity contribution in [2.24, 2.45) is 0 Å². The summed E-state index contributed by atoms with van der Waals surface area (Å²) in [5.41, 5.74) is 0.0185. The van der Waals surface area contributed by atoms with Gasteiger partial charge >= 0.3 is 6.61 Å². The lowest BCUT2D eigenvalue weighted by Crippen LogP contribution is -2.13. The number of rotatable bonds is 4. The second-order valence-corrected chi connectivity index (χ2v) is 4.07. The molecule has 0 bridgehead atoms. The highest BCUT2D eigenvalue weighted by molar-refractivity contribution is 6.05. The van der Waals surface area contributed by atoms with Crippen LogP contribution in [0, 0.1) is 0 Å². The van der Waals surface area contributed by atoms with Crippen LogP contribution in [0.3, 0.4) is 0 Å². The molecule has 0 spiro atoms. The molecule has 0 aliphatic rings.